The molecule has 1 aliphatic carbocycles. The van der Waals surface area contributed by atoms with E-state index in [-0.39, 0.29) is 25.0 Å². The van der Waals surface area contributed by atoms with Gasteiger partial charge in [0.05, 0.1) is 11.8 Å². The number of amides is 1. The zero-order chi connectivity index (χ0) is 24.2. The number of hydrogen-bond donors (Lipinski definition) is 2. The molecular weight excluding hydrogens is 462 g/mol. The van der Waals surface area contributed by atoms with Gasteiger partial charge in [0.2, 0.25) is 0 Å². The van der Waals surface area contributed by atoms with Crippen molar-refractivity contribution in [1.29, 1.82) is 0 Å². The van der Waals surface area contributed by atoms with Crippen molar-refractivity contribution in [3.05, 3.63) is 81.2 Å². The topological polar surface area (TPSA) is 101 Å². The molecule has 178 valence electrons. The number of H-pyrrole nitrogens is 1. The lowest BCUT2D eigenvalue weighted by molar-refractivity contribution is -0.147. The average molecular weight is 488 g/mol. The van der Waals surface area contributed by atoms with Gasteiger partial charge in [0.1, 0.15) is 10.7 Å². The summed E-state index contributed by atoms with van der Waals surface area (Å²) in [5, 5.41) is 3.51. The molecule has 2 heterocycles. The number of anilines is 1. The smallest absolute Gasteiger partial charge is 0.306 e. The van der Waals surface area contributed by atoms with Crippen molar-refractivity contribution in [3.8, 4) is 11.1 Å². The summed E-state index contributed by atoms with van der Waals surface area (Å²) in [6.07, 6.45) is 4.41. The number of aryl methyl sites for hydroxylation is 3. The van der Waals surface area contributed by atoms with Gasteiger partial charge < -0.3 is 15.0 Å². The average Bonchev–Trinajstić information content (AvgIpc) is 3.26. The third-order valence-electron chi connectivity index (χ3n) is 6.09. The summed E-state index contributed by atoms with van der Waals surface area (Å²) in [6.45, 7) is -0.386. The molecule has 5 rings (SSSR count). The van der Waals surface area contributed by atoms with Gasteiger partial charge in [-0.25, -0.2) is 4.98 Å². The van der Waals surface area contributed by atoms with E-state index in [0.29, 0.717) is 16.9 Å². The number of aromatic nitrogens is 2. The van der Waals surface area contributed by atoms with Crippen LogP contribution in [0.1, 0.15) is 35.5 Å². The number of carbonyl (C=O) groups is 2. The second-order valence-electron chi connectivity index (χ2n) is 8.52. The SMILES string of the molecule is O=C(COC(=O)CCc1nc2sc3c(c2c(=O)[nH]1)CCCC3)Nc1ccccc1-c1ccccc1. The zero-order valence-corrected chi connectivity index (χ0v) is 20.0. The van der Waals surface area contributed by atoms with Crippen molar-refractivity contribution in [2.24, 2.45) is 0 Å². The Morgan fingerprint density at radius 1 is 1.03 bits per heavy atom. The molecular formula is C27H25N3O4S. The second kappa shape index (κ2) is 10.2. The van der Waals surface area contributed by atoms with E-state index in [1.165, 1.54) is 4.88 Å². The van der Waals surface area contributed by atoms with Crippen LogP contribution in [0.5, 0.6) is 0 Å². The fourth-order valence-corrected chi connectivity index (χ4v) is 5.69. The maximum Gasteiger partial charge on any atom is 0.306 e. The van der Waals surface area contributed by atoms with Crippen molar-refractivity contribution in [2.75, 3.05) is 11.9 Å². The summed E-state index contributed by atoms with van der Waals surface area (Å²) in [4.78, 5) is 46.7. The molecule has 0 bridgehead atoms. The normalized spacial score (nSPS) is 12.8. The van der Waals surface area contributed by atoms with Crippen LogP contribution in [-0.2, 0) is 33.6 Å². The number of hydrogen-bond acceptors (Lipinski definition) is 6. The molecule has 35 heavy (non-hydrogen) atoms. The minimum absolute atomic E-state index is 0.0212. The van der Waals surface area contributed by atoms with Gasteiger partial charge in [-0.1, -0.05) is 48.5 Å². The van der Waals surface area contributed by atoms with Crippen LogP contribution in [0.4, 0.5) is 5.69 Å². The van der Waals surface area contributed by atoms with Crippen LogP contribution < -0.4 is 10.9 Å². The van der Waals surface area contributed by atoms with E-state index in [2.05, 4.69) is 15.3 Å². The summed E-state index contributed by atoms with van der Waals surface area (Å²) < 4.78 is 5.16. The van der Waals surface area contributed by atoms with Gasteiger partial charge in [-0.15, -0.1) is 11.3 Å². The van der Waals surface area contributed by atoms with E-state index in [1.54, 1.807) is 11.3 Å². The highest BCUT2D eigenvalue weighted by atomic mass is 32.1. The Hall–Kier alpha value is -3.78. The third-order valence-corrected chi connectivity index (χ3v) is 7.28. The van der Waals surface area contributed by atoms with Crippen LogP contribution in [0.25, 0.3) is 21.3 Å². The van der Waals surface area contributed by atoms with E-state index in [4.69, 9.17) is 4.74 Å². The summed E-state index contributed by atoms with van der Waals surface area (Å²) in [5.41, 5.74) is 3.50. The highest BCUT2D eigenvalue weighted by Gasteiger charge is 2.20. The van der Waals surface area contributed by atoms with Crippen LogP contribution in [0.15, 0.2) is 59.4 Å². The molecule has 4 aromatic rings. The number of fused-ring (bicyclic) bond motifs is 3. The van der Waals surface area contributed by atoms with Gasteiger partial charge in [-0.05, 0) is 42.9 Å². The van der Waals surface area contributed by atoms with Gasteiger partial charge in [0.15, 0.2) is 6.61 Å². The van der Waals surface area contributed by atoms with Gasteiger partial charge in [-0.3, -0.25) is 14.4 Å². The quantitative estimate of drug-likeness (QED) is 0.370. The molecule has 0 aliphatic heterocycles. The molecule has 2 N–H and O–H groups in total. The van der Waals surface area contributed by atoms with Crippen molar-refractivity contribution >= 4 is 39.1 Å². The Balaban J connectivity index is 1.17. The van der Waals surface area contributed by atoms with Crippen molar-refractivity contribution in [3.63, 3.8) is 0 Å². The largest absolute Gasteiger partial charge is 0.456 e. The molecule has 2 aromatic carbocycles. The minimum atomic E-state index is -0.523. The maximum absolute atomic E-state index is 12.6. The number of para-hydroxylation sites is 1. The van der Waals surface area contributed by atoms with Crippen LogP contribution >= 0.6 is 11.3 Å². The lowest BCUT2D eigenvalue weighted by Gasteiger charge is -2.11. The van der Waals surface area contributed by atoms with Crippen LogP contribution in [0.3, 0.4) is 0 Å². The Morgan fingerprint density at radius 2 is 1.80 bits per heavy atom. The van der Waals surface area contributed by atoms with Gasteiger partial charge in [0, 0.05) is 22.5 Å². The fourth-order valence-electron chi connectivity index (χ4n) is 4.41. The van der Waals surface area contributed by atoms with E-state index in [9.17, 15) is 14.4 Å². The summed E-state index contributed by atoms with van der Waals surface area (Å²) in [7, 11) is 0. The maximum atomic E-state index is 12.6. The molecule has 1 amide bonds. The second-order valence-corrected chi connectivity index (χ2v) is 9.61. The van der Waals surface area contributed by atoms with E-state index < -0.39 is 11.9 Å². The van der Waals surface area contributed by atoms with E-state index >= 15 is 0 Å². The number of esters is 1. The molecule has 8 heteroatoms. The Morgan fingerprint density at radius 3 is 2.66 bits per heavy atom. The van der Waals surface area contributed by atoms with Crippen molar-refractivity contribution < 1.29 is 14.3 Å². The van der Waals surface area contributed by atoms with Gasteiger partial charge in [-0.2, -0.15) is 0 Å². The van der Waals surface area contributed by atoms with Gasteiger partial charge >= 0.3 is 5.97 Å². The fraction of sp³-hybridized carbons (Fsp3) is 0.259. The van der Waals surface area contributed by atoms with Gasteiger partial charge in [0.25, 0.3) is 11.5 Å². The predicted molar refractivity (Wildman–Crippen MR) is 137 cm³/mol. The predicted octanol–water partition coefficient (Wildman–Crippen LogP) is 4.64. The first kappa shape index (κ1) is 23.0. The number of thiophene rings is 1. The molecule has 7 nitrogen and oxygen atoms in total. The first-order valence-electron chi connectivity index (χ1n) is 11.7. The molecule has 1 aliphatic rings. The molecule has 0 fully saturated rings. The molecule has 0 atom stereocenters. The molecule has 0 saturated heterocycles. The Bertz CT molecular complexity index is 1440. The Kier molecular flexibility index (Phi) is 6.72. The number of carbonyl (C=O) groups excluding carboxylic acids is 2. The lowest BCUT2D eigenvalue weighted by Crippen LogP contribution is -2.21. The van der Waals surface area contributed by atoms with Crippen molar-refractivity contribution in [2.45, 2.75) is 38.5 Å². The Labute approximate surface area is 206 Å². The number of benzene rings is 2. The lowest BCUT2D eigenvalue weighted by atomic mass is 9.97. The monoisotopic (exact) mass is 487 g/mol. The number of aromatic amines is 1. The number of nitrogens with one attached hydrogen (secondary N) is 2. The van der Waals surface area contributed by atoms with Crippen LogP contribution in [0.2, 0.25) is 0 Å². The third kappa shape index (κ3) is 5.17. The molecule has 0 spiro atoms. The van der Waals surface area contributed by atoms with Crippen LogP contribution in [0, 0.1) is 0 Å². The minimum Gasteiger partial charge on any atom is -0.456 e. The number of ether oxygens (including phenoxy) is 1. The molecule has 0 radical (unpaired) electrons. The van der Waals surface area contributed by atoms with Crippen LogP contribution in [-0.4, -0.2) is 28.5 Å². The molecule has 0 saturated carbocycles. The van der Waals surface area contributed by atoms with E-state index in [1.807, 2.05) is 54.6 Å². The number of nitrogens with zero attached hydrogens (tertiary/aromatic N) is 1. The molecule has 2 aromatic heterocycles. The first-order chi connectivity index (χ1) is 17.1. The summed E-state index contributed by atoms with van der Waals surface area (Å²) in [6, 6.07) is 17.2. The van der Waals surface area contributed by atoms with Crippen molar-refractivity contribution in [1.82, 2.24) is 9.97 Å². The number of rotatable bonds is 7. The van der Waals surface area contributed by atoms with E-state index in [0.717, 1.165) is 47.2 Å². The molecule has 0 unspecified atom stereocenters. The summed E-state index contributed by atoms with van der Waals surface area (Å²) in [5.74, 6) is -0.483. The standard InChI is InChI=1S/C27H25N3O4S/c31-23(28-20-12-6-4-10-18(20)17-8-2-1-3-9-17)16-34-24(32)15-14-22-29-26(33)25-19-11-5-7-13-21(19)35-27(25)30-22/h1-4,6,8-10,12H,5,7,11,13-16H2,(H,28,31)(H,29,30,33). The first-order valence-corrected chi connectivity index (χ1v) is 12.5. The highest BCUT2D eigenvalue weighted by Crippen LogP contribution is 2.33. The summed E-state index contributed by atoms with van der Waals surface area (Å²) >= 11 is 1.58. The highest BCUT2D eigenvalue weighted by molar-refractivity contribution is 7.18. The zero-order valence-electron chi connectivity index (χ0n) is 19.1.